The second-order valence-electron chi connectivity index (χ2n) is 15.2. The fourth-order valence-corrected chi connectivity index (χ4v) is 9.44. The number of pyridine rings is 2. The van der Waals surface area contributed by atoms with E-state index in [4.69, 9.17) is 4.98 Å². The van der Waals surface area contributed by atoms with Gasteiger partial charge in [-0.15, -0.1) is 48.0 Å². The molecular formula is C42H45FIrN2SSi-2. The number of thiophene rings is 1. The van der Waals surface area contributed by atoms with Crippen LogP contribution in [0.1, 0.15) is 57.6 Å². The summed E-state index contributed by atoms with van der Waals surface area (Å²) in [5, 5.41) is 3.15. The molecule has 0 spiro atoms. The van der Waals surface area contributed by atoms with Crippen molar-refractivity contribution in [2.75, 3.05) is 0 Å². The number of benzene rings is 3. The Balaban J connectivity index is 0.000000189. The second kappa shape index (κ2) is 15.3. The van der Waals surface area contributed by atoms with Gasteiger partial charge < -0.3 is 9.97 Å². The summed E-state index contributed by atoms with van der Waals surface area (Å²) in [5.74, 6) is 0.563. The van der Waals surface area contributed by atoms with Crippen molar-refractivity contribution in [3.63, 3.8) is 0 Å². The van der Waals surface area contributed by atoms with Gasteiger partial charge in [-0.2, -0.15) is 11.3 Å². The summed E-state index contributed by atoms with van der Waals surface area (Å²) in [6.45, 7) is 14.1. The van der Waals surface area contributed by atoms with E-state index in [2.05, 4.69) is 81.9 Å². The van der Waals surface area contributed by atoms with Gasteiger partial charge in [0, 0.05) is 43.0 Å². The van der Waals surface area contributed by atoms with E-state index in [-0.39, 0.29) is 31.3 Å². The monoisotopic (exact) mass is 849 g/mol. The fourth-order valence-electron chi connectivity index (χ4n) is 6.78. The van der Waals surface area contributed by atoms with Gasteiger partial charge in [-0.1, -0.05) is 113 Å². The van der Waals surface area contributed by atoms with Gasteiger partial charge in [-0.25, -0.2) is 0 Å². The van der Waals surface area contributed by atoms with Crippen molar-refractivity contribution in [3.8, 4) is 22.5 Å². The zero-order valence-corrected chi connectivity index (χ0v) is 33.1. The molecule has 0 atom stereocenters. The van der Waals surface area contributed by atoms with Crippen LogP contribution in [0.5, 0.6) is 0 Å². The molecule has 0 aliphatic heterocycles. The molecule has 3 aromatic heterocycles. The molecule has 1 aliphatic carbocycles. The average Bonchev–Trinajstić information content (AvgIpc) is 3.69. The first kappa shape index (κ1) is 36.3. The number of halogens is 1. The van der Waals surface area contributed by atoms with Gasteiger partial charge in [-0.05, 0) is 68.4 Å². The van der Waals surface area contributed by atoms with Gasteiger partial charge in [0.05, 0.1) is 8.07 Å². The molecule has 0 bridgehead atoms. The summed E-state index contributed by atoms with van der Waals surface area (Å²) in [4.78, 5) is 9.16. The molecule has 1 aliphatic rings. The third kappa shape index (κ3) is 8.57. The maximum Gasteiger partial charge on any atom is 0.0798 e. The fraction of sp³-hybridized carbons (Fsp3) is 0.333. The number of nitrogens with zero attached hydrogens (tertiary/aromatic N) is 2. The van der Waals surface area contributed by atoms with Crippen molar-refractivity contribution in [3.05, 3.63) is 114 Å². The molecule has 0 amide bonds. The van der Waals surface area contributed by atoms with Crippen LogP contribution >= 0.6 is 11.3 Å². The third-order valence-corrected chi connectivity index (χ3v) is 12.2. The van der Waals surface area contributed by atoms with Gasteiger partial charge in [-0.3, -0.25) is 4.39 Å². The van der Waals surface area contributed by atoms with Crippen LogP contribution in [-0.4, -0.2) is 18.0 Å². The number of aromatic nitrogens is 2. The van der Waals surface area contributed by atoms with Crippen molar-refractivity contribution >= 4 is 44.8 Å². The molecule has 6 aromatic rings. The van der Waals surface area contributed by atoms with E-state index >= 15 is 4.39 Å². The minimum Gasteiger partial charge on any atom is -0.305 e. The van der Waals surface area contributed by atoms with Gasteiger partial charge in [0.15, 0.2) is 0 Å². The van der Waals surface area contributed by atoms with Crippen LogP contribution in [0.25, 0.3) is 42.7 Å². The molecule has 1 radical (unpaired) electrons. The Morgan fingerprint density at radius 3 is 2.35 bits per heavy atom. The molecule has 2 nitrogen and oxygen atoms in total. The van der Waals surface area contributed by atoms with Crippen LogP contribution < -0.4 is 5.19 Å². The summed E-state index contributed by atoms with van der Waals surface area (Å²) in [6, 6.07) is 30.8. The van der Waals surface area contributed by atoms with Crippen molar-refractivity contribution in [1.29, 1.82) is 0 Å². The summed E-state index contributed by atoms with van der Waals surface area (Å²) < 4.78 is 17.4. The smallest absolute Gasteiger partial charge is 0.0798 e. The largest absolute Gasteiger partial charge is 0.305 e. The summed E-state index contributed by atoms with van der Waals surface area (Å²) in [6.07, 6.45) is 11.4. The summed E-state index contributed by atoms with van der Waals surface area (Å²) in [7, 11) is -1.37. The van der Waals surface area contributed by atoms with Crippen LogP contribution in [-0.2, 0) is 32.9 Å². The van der Waals surface area contributed by atoms with Crippen molar-refractivity contribution in [1.82, 2.24) is 9.97 Å². The minimum absolute atomic E-state index is 0. The van der Waals surface area contributed by atoms with Gasteiger partial charge in [0.25, 0.3) is 0 Å². The maximum absolute atomic E-state index is 15.4. The molecule has 0 saturated heterocycles. The van der Waals surface area contributed by atoms with Crippen molar-refractivity contribution < 1.29 is 24.5 Å². The molecule has 6 heteroatoms. The minimum atomic E-state index is -1.37. The number of rotatable bonds is 6. The first-order valence-electron chi connectivity index (χ1n) is 16.9. The van der Waals surface area contributed by atoms with E-state index in [9.17, 15) is 0 Å². The molecule has 1 fully saturated rings. The van der Waals surface area contributed by atoms with E-state index in [0.29, 0.717) is 16.6 Å². The van der Waals surface area contributed by atoms with Crippen LogP contribution in [0.3, 0.4) is 0 Å². The van der Waals surface area contributed by atoms with Crippen LogP contribution in [0.2, 0.25) is 19.6 Å². The first-order valence-corrected chi connectivity index (χ1v) is 21.2. The first-order chi connectivity index (χ1) is 22.5. The summed E-state index contributed by atoms with van der Waals surface area (Å²) >= 11 is 1.61. The van der Waals surface area contributed by atoms with E-state index < -0.39 is 8.07 Å². The number of hydrogen-bond donors (Lipinski definition) is 0. The average molecular weight is 849 g/mol. The summed E-state index contributed by atoms with van der Waals surface area (Å²) in [5.41, 5.74) is 6.29. The predicted molar refractivity (Wildman–Crippen MR) is 202 cm³/mol. The molecular weight excluding hydrogens is 804 g/mol. The SMILES string of the molecule is CC(C)(C)Cc1cc(-c2[c-]cccc2)ncc1[Si](C)(C)C.Fc1c(-c2cc(CC3CCCC3)ccn2)[c-]cc2sc3ccccc3c12.[Ir]. The second-order valence-corrected chi connectivity index (χ2v) is 21.3. The maximum atomic E-state index is 15.4. The Bertz CT molecular complexity index is 1990. The molecule has 1 saturated carbocycles. The number of fused-ring (bicyclic) bond motifs is 3. The van der Waals surface area contributed by atoms with Crippen molar-refractivity contribution in [2.45, 2.75) is 78.9 Å². The van der Waals surface area contributed by atoms with E-state index in [1.54, 1.807) is 11.3 Å². The van der Waals surface area contributed by atoms with Gasteiger partial charge in [0.1, 0.15) is 0 Å². The topological polar surface area (TPSA) is 25.8 Å². The molecule has 0 N–H and O–H groups in total. The van der Waals surface area contributed by atoms with E-state index in [1.807, 2.05) is 60.8 Å². The molecule has 48 heavy (non-hydrogen) atoms. The van der Waals surface area contributed by atoms with Gasteiger partial charge in [0.2, 0.25) is 0 Å². The Hall–Kier alpha value is -3.02. The van der Waals surface area contributed by atoms with Crippen LogP contribution in [0.4, 0.5) is 4.39 Å². The standard InChI is InChI=1S/C23H19FNS.C19H26NSi.Ir/c24-23-17(9-10-21-22(23)18-7-3-4-8-20(18)26-21)19-14-16(11-12-25-19)13-15-5-1-2-6-15;1-19(2,3)13-16-12-17(15-10-8-7-9-11-15)20-14-18(16)21(4,5)6;/h3-4,7-8,10-12,14-15H,1-2,5-6,13H2;7-10,12,14H,13H2,1-6H3;/q2*-1;. The zero-order chi connectivity index (χ0) is 33.2. The number of hydrogen-bond acceptors (Lipinski definition) is 3. The Morgan fingerprint density at radius 2 is 1.65 bits per heavy atom. The molecule has 3 heterocycles. The van der Waals surface area contributed by atoms with Crippen molar-refractivity contribution in [2.24, 2.45) is 11.3 Å². The molecule has 0 unspecified atom stereocenters. The third-order valence-electron chi connectivity index (χ3n) is 8.99. The molecule has 7 rings (SSSR count). The van der Waals surface area contributed by atoms with Crippen LogP contribution in [0, 0.1) is 29.3 Å². The van der Waals surface area contributed by atoms with Crippen LogP contribution in [0.15, 0.2) is 85.2 Å². The van der Waals surface area contributed by atoms with Gasteiger partial charge >= 0.3 is 0 Å². The Morgan fingerprint density at radius 1 is 0.896 bits per heavy atom. The Kier molecular flexibility index (Phi) is 11.5. The molecule has 3 aromatic carbocycles. The zero-order valence-electron chi connectivity index (χ0n) is 28.9. The Labute approximate surface area is 304 Å². The quantitative estimate of drug-likeness (QED) is 0.123. The van der Waals surface area contributed by atoms with E-state index in [1.165, 1.54) is 42.0 Å². The molecule has 251 valence electrons. The van der Waals surface area contributed by atoms with E-state index in [0.717, 1.165) is 44.8 Å². The normalized spacial score (nSPS) is 13.7. The predicted octanol–water partition coefficient (Wildman–Crippen LogP) is 11.5.